The van der Waals surface area contributed by atoms with Crippen molar-refractivity contribution in [3.05, 3.63) is 23.3 Å². The third kappa shape index (κ3) is 5.72. The maximum Gasteiger partial charge on any atom is 0.0688 e. The van der Waals surface area contributed by atoms with Crippen molar-refractivity contribution in [3.63, 3.8) is 0 Å². The quantitative estimate of drug-likeness (QED) is 0.645. The van der Waals surface area contributed by atoms with E-state index in [0.29, 0.717) is 4.58 Å². The van der Waals surface area contributed by atoms with Gasteiger partial charge in [-0.3, -0.25) is 0 Å². The molecule has 2 heteroatoms. The summed E-state index contributed by atoms with van der Waals surface area (Å²) in [5.74, 6) is 1.31. The van der Waals surface area contributed by atoms with E-state index in [0.717, 1.165) is 5.25 Å². The van der Waals surface area contributed by atoms with Crippen LogP contribution in [0.15, 0.2) is 23.3 Å². The molecule has 0 aliphatic carbocycles. The molecule has 1 saturated heterocycles. The molecule has 0 bridgehead atoms. The maximum absolute atomic E-state index is 2.46. The van der Waals surface area contributed by atoms with Gasteiger partial charge in [0.2, 0.25) is 0 Å². The van der Waals surface area contributed by atoms with E-state index in [4.69, 9.17) is 0 Å². The zero-order chi connectivity index (χ0) is 11.3. The second-order valence-electron chi connectivity index (χ2n) is 4.48. The van der Waals surface area contributed by atoms with E-state index in [2.05, 4.69) is 63.4 Å². The van der Waals surface area contributed by atoms with Gasteiger partial charge in [0.15, 0.2) is 0 Å². The van der Waals surface area contributed by atoms with E-state index in [9.17, 15) is 0 Å². The van der Waals surface area contributed by atoms with Gasteiger partial charge >= 0.3 is 0 Å². The predicted octanol–water partition coefficient (Wildman–Crippen LogP) is 4.87. The molecule has 1 fully saturated rings. The summed E-state index contributed by atoms with van der Waals surface area (Å²) in [5, 5.41) is 0.835. The van der Waals surface area contributed by atoms with Crippen molar-refractivity contribution in [1.29, 1.82) is 0 Å². The monoisotopic (exact) mass is 242 g/mol. The number of rotatable bonds is 4. The van der Waals surface area contributed by atoms with Crippen molar-refractivity contribution in [2.24, 2.45) is 0 Å². The predicted molar refractivity (Wildman–Crippen MR) is 75.7 cm³/mol. The lowest BCUT2D eigenvalue weighted by Gasteiger charge is -2.05. The molecule has 1 aliphatic rings. The molecule has 0 N–H and O–H groups in total. The number of hydrogen-bond acceptors (Lipinski definition) is 2. The highest BCUT2D eigenvalue weighted by molar-refractivity contribution is 8.20. The van der Waals surface area contributed by atoms with Crippen molar-refractivity contribution in [1.82, 2.24) is 0 Å². The molecular formula is C13H22S2. The Morgan fingerprint density at radius 3 is 2.60 bits per heavy atom. The number of thioether (sulfide) groups is 2. The maximum atomic E-state index is 2.46. The van der Waals surface area contributed by atoms with Gasteiger partial charge in [0.25, 0.3) is 0 Å². The van der Waals surface area contributed by atoms with Crippen LogP contribution in [0.25, 0.3) is 0 Å². The fourth-order valence-corrected chi connectivity index (χ4v) is 4.76. The van der Waals surface area contributed by atoms with Crippen molar-refractivity contribution < 1.29 is 0 Å². The van der Waals surface area contributed by atoms with Gasteiger partial charge in [-0.2, -0.15) is 0 Å². The molecule has 0 aromatic carbocycles. The van der Waals surface area contributed by atoms with Crippen molar-refractivity contribution >= 4 is 23.5 Å². The smallest absolute Gasteiger partial charge is 0.0688 e. The zero-order valence-corrected chi connectivity index (χ0v) is 11.9. The van der Waals surface area contributed by atoms with E-state index in [-0.39, 0.29) is 0 Å². The molecule has 0 nitrogen and oxygen atoms in total. The molecule has 0 aromatic heterocycles. The second-order valence-corrected chi connectivity index (χ2v) is 7.54. The molecular weight excluding hydrogens is 220 g/mol. The Morgan fingerprint density at radius 1 is 1.33 bits per heavy atom. The lowest BCUT2D eigenvalue weighted by Crippen LogP contribution is -1.91. The first-order valence-electron chi connectivity index (χ1n) is 5.65. The van der Waals surface area contributed by atoms with Crippen LogP contribution >= 0.6 is 23.5 Å². The molecule has 1 aliphatic heterocycles. The van der Waals surface area contributed by atoms with Gasteiger partial charge in [-0.15, -0.1) is 23.5 Å². The standard InChI is InChI=1S/C13H22S2/c1-10(2)6-5-7-11(3)8-13-14-9-12(4)15-13/h6,8,12-13H,5,7,9H2,1-4H3/b11-8+. The van der Waals surface area contributed by atoms with Gasteiger partial charge in [0.1, 0.15) is 0 Å². The lowest BCUT2D eigenvalue weighted by atomic mass is 10.1. The molecule has 86 valence electrons. The van der Waals surface area contributed by atoms with E-state index in [1.807, 2.05) is 0 Å². The van der Waals surface area contributed by atoms with Crippen LogP contribution in [0.5, 0.6) is 0 Å². The molecule has 0 radical (unpaired) electrons. The van der Waals surface area contributed by atoms with Crippen LogP contribution in [0, 0.1) is 0 Å². The van der Waals surface area contributed by atoms with Crippen LogP contribution in [0.3, 0.4) is 0 Å². The summed E-state index contributed by atoms with van der Waals surface area (Å²) < 4.78 is 0.715. The summed E-state index contributed by atoms with van der Waals surface area (Å²) in [4.78, 5) is 0. The van der Waals surface area contributed by atoms with Gasteiger partial charge in [-0.1, -0.05) is 30.2 Å². The number of hydrogen-bond donors (Lipinski definition) is 0. The topological polar surface area (TPSA) is 0 Å². The highest BCUT2D eigenvalue weighted by Gasteiger charge is 2.20. The van der Waals surface area contributed by atoms with Gasteiger partial charge < -0.3 is 0 Å². The van der Waals surface area contributed by atoms with Gasteiger partial charge in [-0.25, -0.2) is 0 Å². The van der Waals surface area contributed by atoms with Crippen LogP contribution in [-0.4, -0.2) is 15.6 Å². The highest BCUT2D eigenvalue weighted by atomic mass is 32.2. The van der Waals surface area contributed by atoms with E-state index >= 15 is 0 Å². The molecule has 2 unspecified atom stereocenters. The molecule has 1 heterocycles. The minimum Gasteiger partial charge on any atom is -0.142 e. The summed E-state index contributed by atoms with van der Waals surface area (Å²) >= 11 is 4.19. The zero-order valence-electron chi connectivity index (χ0n) is 10.2. The van der Waals surface area contributed by atoms with Crippen LogP contribution in [0.4, 0.5) is 0 Å². The van der Waals surface area contributed by atoms with Crippen LogP contribution in [0.2, 0.25) is 0 Å². The minimum atomic E-state index is 0.715. The summed E-state index contributed by atoms with van der Waals surface area (Å²) in [5.41, 5.74) is 2.98. The van der Waals surface area contributed by atoms with E-state index in [1.54, 1.807) is 5.57 Å². The molecule has 2 atom stereocenters. The average molecular weight is 242 g/mol. The minimum absolute atomic E-state index is 0.715. The number of allylic oxidation sites excluding steroid dienone is 3. The van der Waals surface area contributed by atoms with Crippen LogP contribution in [0.1, 0.15) is 40.5 Å². The summed E-state index contributed by atoms with van der Waals surface area (Å²) in [6.07, 6.45) is 7.20. The van der Waals surface area contributed by atoms with Crippen LogP contribution in [-0.2, 0) is 0 Å². The first kappa shape index (κ1) is 13.2. The fourth-order valence-electron chi connectivity index (χ4n) is 1.53. The van der Waals surface area contributed by atoms with Crippen LogP contribution < -0.4 is 0 Å². The normalized spacial score (nSPS) is 26.8. The average Bonchev–Trinajstić information content (AvgIpc) is 2.50. The molecule has 0 aromatic rings. The summed E-state index contributed by atoms with van der Waals surface area (Å²) in [6.45, 7) is 8.93. The van der Waals surface area contributed by atoms with E-state index < -0.39 is 0 Å². The molecule has 15 heavy (non-hydrogen) atoms. The van der Waals surface area contributed by atoms with Gasteiger partial charge in [0.05, 0.1) is 4.58 Å². The van der Waals surface area contributed by atoms with Crippen molar-refractivity contribution in [2.75, 3.05) is 5.75 Å². The fraction of sp³-hybridized carbons (Fsp3) is 0.692. The summed E-state index contributed by atoms with van der Waals surface area (Å²) in [6, 6.07) is 0. The third-order valence-electron chi connectivity index (χ3n) is 2.37. The third-order valence-corrected chi connectivity index (χ3v) is 5.52. The highest BCUT2D eigenvalue weighted by Crippen LogP contribution is 2.38. The Balaban J connectivity index is 2.30. The van der Waals surface area contributed by atoms with Gasteiger partial charge in [0, 0.05) is 11.0 Å². The SMILES string of the molecule is CC(C)=CCC/C(C)=C/C1SCC(C)S1. The Morgan fingerprint density at radius 2 is 2.07 bits per heavy atom. The lowest BCUT2D eigenvalue weighted by molar-refractivity contribution is 0.963. The Kier molecular flexibility index (Phi) is 5.91. The molecule has 0 amide bonds. The van der Waals surface area contributed by atoms with Crippen molar-refractivity contribution in [2.45, 2.75) is 50.4 Å². The van der Waals surface area contributed by atoms with Gasteiger partial charge in [-0.05, 0) is 33.6 Å². The Labute approximate surface area is 103 Å². The van der Waals surface area contributed by atoms with Crippen molar-refractivity contribution in [3.8, 4) is 0 Å². The molecule has 0 spiro atoms. The van der Waals surface area contributed by atoms with E-state index in [1.165, 1.54) is 24.2 Å². The molecule has 1 rings (SSSR count). The Bertz CT molecular complexity index is 249. The summed E-state index contributed by atoms with van der Waals surface area (Å²) in [7, 11) is 0. The first-order chi connectivity index (χ1) is 7.08. The molecule has 0 saturated carbocycles. The largest absolute Gasteiger partial charge is 0.142 e. The Hall–Kier alpha value is 0.180. The second kappa shape index (κ2) is 6.70. The first-order valence-corrected chi connectivity index (χ1v) is 7.65.